The Balaban J connectivity index is 3.93. The van der Waals surface area contributed by atoms with E-state index >= 15 is 0 Å². The molecule has 0 amide bonds. The maximum Gasteiger partial charge on any atom is 0.306 e. The molecule has 0 rings (SSSR count). The van der Waals surface area contributed by atoms with Crippen molar-refractivity contribution in [3.05, 3.63) is 24.3 Å². The normalized spacial score (nSPS) is 12.1. The topological polar surface area (TPSA) is 78.9 Å². The zero-order chi connectivity index (χ0) is 58.5. The number of hydrogen-bond acceptors (Lipinski definition) is 6. The van der Waals surface area contributed by atoms with E-state index in [-0.39, 0.29) is 31.1 Å². The van der Waals surface area contributed by atoms with E-state index in [0.29, 0.717) is 19.3 Å². The van der Waals surface area contributed by atoms with E-state index < -0.39 is 6.10 Å². The summed E-state index contributed by atoms with van der Waals surface area (Å²) in [6, 6.07) is 0. The van der Waals surface area contributed by atoms with Crippen LogP contribution in [0, 0.1) is 0 Å². The van der Waals surface area contributed by atoms with Gasteiger partial charge in [0, 0.05) is 19.3 Å². The first-order valence-electron chi connectivity index (χ1n) is 36.8. The van der Waals surface area contributed by atoms with Gasteiger partial charge in [0.15, 0.2) is 6.10 Å². The Morgan fingerprint density at radius 3 is 0.679 bits per heavy atom. The van der Waals surface area contributed by atoms with Gasteiger partial charge < -0.3 is 14.2 Å². The Morgan fingerprint density at radius 2 is 0.444 bits per heavy atom. The molecule has 478 valence electrons. The van der Waals surface area contributed by atoms with Crippen molar-refractivity contribution in [2.45, 2.75) is 425 Å². The van der Waals surface area contributed by atoms with Crippen molar-refractivity contribution in [3.8, 4) is 0 Å². The first kappa shape index (κ1) is 78.9. The fourth-order valence-electron chi connectivity index (χ4n) is 11.4. The minimum absolute atomic E-state index is 0.0643. The van der Waals surface area contributed by atoms with E-state index in [2.05, 4.69) is 45.1 Å². The van der Waals surface area contributed by atoms with Gasteiger partial charge in [-0.3, -0.25) is 14.4 Å². The van der Waals surface area contributed by atoms with Crippen LogP contribution >= 0.6 is 0 Å². The molecule has 6 nitrogen and oxygen atoms in total. The van der Waals surface area contributed by atoms with Crippen LogP contribution in [0.15, 0.2) is 24.3 Å². The Kier molecular flexibility index (Phi) is 68.5. The summed E-state index contributed by atoms with van der Waals surface area (Å²) in [5.41, 5.74) is 0. The van der Waals surface area contributed by atoms with E-state index in [1.165, 1.54) is 315 Å². The third kappa shape index (κ3) is 68.6. The molecule has 1 atom stereocenters. The Bertz CT molecular complexity index is 1310. The number of esters is 3. The van der Waals surface area contributed by atoms with Gasteiger partial charge in [-0.2, -0.15) is 0 Å². The van der Waals surface area contributed by atoms with Crippen molar-refractivity contribution in [2.75, 3.05) is 13.2 Å². The summed E-state index contributed by atoms with van der Waals surface area (Å²) in [5.74, 6) is -0.842. The number of carbonyl (C=O) groups is 3. The molecule has 0 aliphatic carbocycles. The van der Waals surface area contributed by atoms with E-state index in [9.17, 15) is 14.4 Å². The first-order valence-corrected chi connectivity index (χ1v) is 36.8. The van der Waals surface area contributed by atoms with Crippen LogP contribution in [0.25, 0.3) is 0 Å². The van der Waals surface area contributed by atoms with Gasteiger partial charge in [-0.25, -0.2) is 0 Å². The van der Waals surface area contributed by atoms with E-state index in [0.717, 1.165) is 64.2 Å². The smallest absolute Gasteiger partial charge is 0.306 e. The van der Waals surface area contributed by atoms with Crippen molar-refractivity contribution >= 4 is 17.9 Å². The zero-order valence-corrected chi connectivity index (χ0v) is 55.1. The highest BCUT2D eigenvalue weighted by Gasteiger charge is 2.19. The average Bonchev–Trinajstić information content (AvgIpc) is 3.47. The quantitative estimate of drug-likeness (QED) is 0.0261. The lowest BCUT2D eigenvalue weighted by Crippen LogP contribution is -2.30. The molecule has 6 heteroatoms. The molecule has 0 heterocycles. The predicted molar refractivity (Wildman–Crippen MR) is 353 cm³/mol. The van der Waals surface area contributed by atoms with Gasteiger partial charge in [0.05, 0.1) is 0 Å². The van der Waals surface area contributed by atoms with Crippen LogP contribution in [0.2, 0.25) is 0 Å². The largest absolute Gasteiger partial charge is 0.462 e. The van der Waals surface area contributed by atoms with Crippen molar-refractivity contribution in [1.29, 1.82) is 0 Å². The second-order valence-corrected chi connectivity index (χ2v) is 25.2. The molecule has 0 N–H and O–H groups in total. The van der Waals surface area contributed by atoms with Gasteiger partial charge in [0.1, 0.15) is 13.2 Å². The van der Waals surface area contributed by atoms with Gasteiger partial charge in [0.25, 0.3) is 0 Å². The van der Waals surface area contributed by atoms with Crippen LogP contribution in [-0.4, -0.2) is 37.2 Å². The fraction of sp³-hybridized carbons (Fsp3) is 0.907. The van der Waals surface area contributed by atoms with Gasteiger partial charge in [-0.1, -0.05) is 373 Å². The first-order chi connectivity index (χ1) is 40.0. The number of rotatable bonds is 69. The number of carbonyl (C=O) groups excluding carboxylic acids is 3. The second kappa shape index (κ2) is 70.4. The summed E-state index contributed by atoms with van der Waals surface area (Å²) in [6.07, 6.45) is 87.0. The molecule has 0 aliphatic heterocycles. The third-order valence-electron chi connectivity index (χ3n) is 17.0. The number of ether oxygens (including phenoxy) is 3. The van der Waals surface area contributed by atoms with Crippen LogP contribution < -0.4 is 0 Å². The average molecular weight is 1140 g/mol. The van der Waals surface area contributed by atoms with Crippen molar-refractivity contribution in [1.82, 2.24) is 0 Å². The van der Waals surface area contributed by atoms with E-state index in [1.54, 1.807) is 0 Å². The maximum atomic E-state index is 12.9. The molecule has 0 fully saturated rings. The lowest BCUT2D eigenvalue weighted by atomic mass is 10.0. The van der Waals surface area contributed by atoms with Crippen molar-refractivity contribution in [3.63, 3.8) is 0 Å². The molecule has 81 heavy (non-hydrogen) atoms. The summed E-state index contributed by atoms with van der Waals surface area (Å²) in [7, 11) is 0. The highest BCUT2D eigenvalue weighted by molar-refractivity contribution is 5.71. The third-order valence-corrected chi connectivity index (χ3v) is 17.0. The molecule has 1 unspecified atom stereocenters. The standard InChI is InChI=1S/C75H142O6/c1-4-7-10-13-16-18-20-22-24-26-28-30-32-34-36-37-38-39-40-42-43-45-47-49-51-53-55-57-59-62-65-68-74(77)80-71-72(70-79-73(76)67-64-61-15-12-9-6-3)81-75(78)69-66-63-60-58-56-54-52-50-48-46-44-41-35-33-31-29-27-25-23-21-19-17-14-11-8-5-2/h20,22,26,28,72H,4-19,21,23-25,27,29-71H2,1-3H3/b22-20-,28-26-. The lowest BCUT2D eigenvalue weighted by molar-refractivity contribution is -0.167. The number of allylic oxidation sites excluding steroid dienone is 4. The van der Waals surface area contributed by atoms with Crippen LogP contribution in [0.3, 0.4) is 0 Å². The van der Waals surface area contributed by atoms with Crippen LogP contribution in [0.4, 0.5) is 0 Å². The summed E-state index contributed by atoms with van der Waals surface area (Å²) in [5, 5.41) is 0. The van der Waals surface area contributed by atoms with Crippen LogP contribution in [0.5, 0.6) is 0 Å². The SMILES string of the molecule is CCCCCCC/C=C\C/C=C\CCCCCCCCCCCCCCCCCCCCCC(=O)OCC(COC(=O)CCCCCCCC)OC(=O)CCCCCCCCCCCCCCCCCCCCCCCCCCCC. The summed E-state index contributed by atoms with van der Waals surface area (Å²) in [6.45, 7) is 6.65. The van der Waals surface area contributed by atoms with E-state index in [4.69, 9.17) is 14.2 Å². The predicted octanol–water partition coefficient (Wildman–Crippen LogP) is 25.3. The molecule has 0 aromatic rings. The summed E-state index contributed by atoms with van der Waals surface area (Å²) < 4.78 is 16.9. The maximum absolute atomic E-state index is 12.9. The monoisotopic (exact) mass is 1140 g/mol. The molecule has 0 radical (unpaired) electrons. The molecule has 0 spiro atoms. The van der Waals surface area contributed by atoms with Crippen LogP contribution in [-0.2, 0) is 28.6 Å². The summed E-state index contributed by atoms with van der Waals surface area (Å²) in [4.78, 5) is 38.1. The fourth-order valence-corrected chi connectivity index (χ4v) is 11.4. The Hall–Kier alpha value is -2.11. The minimum Gasteiger partial charge on any atom is -0.462 e. The van der Waals surface area contributed by atoms with Gasteiger partial charge in [-0.05, 0) is 51.4 Å². The molecule has 0 bridgehead atoms. The lowest BCUT2D eigenvalue weighted by Gasteiger charge is -2.18. The molecular weight excluding hydrogens is 997 g/mol. The Labute approximate surface area is 506 Å². The van der Waals surface area contributed by atoms with Gasteiger partial charge >= 0.3 is 17.9 Å². The highest BCUT2D eigenvalue weighted by atomic mass is 16.6. The molecule has 0 aliphatic rings. The minimum atomic E-state index is -0.764. The van der Waals surface area contributed by atoms with Gasteiger partial charge in [0.2, 0.25) is 0 Å². The molecular formula is C75H142O6. The highest BCUT2D eigenvalue weighted by Crippen LogP contribution is 2.19. The van der Waals surface area contributed by atoms with Crippen LogP contribution in [0.1, 0.15) is 419 Å². The van der Waals surface area contributed by atoms with E-state index in [1.807, 2.05) is 0 Å². The zero-order valence-electron chi connectivity index (χ0n) is 55.1. The molecule has 0 saturated carbocycles. The molecule has 0 aromatic carbocycles. The van der Waals surface area contributed by atoms with Crippen molar-refractivity contribution < 1.29 is 28.6 Å². The second-order valence-electron chi connectivity index (χ2n) is 25.2. The van der Waals surface area contributed by atoms with Crippen molar-refractivity contribution in [2.24, 2.45) is 0 Å². The van der Waals surface area contributed by atoms with Gasteiger partial charge in [-0.15, -0.1) is 0 Å². The number of hydrogen-bond donors (Lipinski definition) is 0. The number of unbranched alkanes of at least 4 members (excludes halogenated alkanes) is 54. The Morgan fingerprint density at radius 1 is 0.247 bits per heavy atom. The summed E-state index contributed by atoms with van der Waals surface area (Å²) >= 11 is 0. The molecule has 0 aromatic heterocycles. The molecule has 0 saturated heterocycles.